The lowest BCUT2D eigenvalue weighted by Crippen LogP contribution is -2.50. The SMILES string of the molecule is C[C@@H]1[C@H](CN2CCC3(CC2)OCCO3)O[C@H](c2ccc(CNC(=O)NCc3ccccc3)cc2)O[C@@H]1c1ccc(CO)cc1. The Bertz CT molecular complexity index is 1340. The molecule has 3 aliphatic rings. The van der Waals surface area contributed by atoms with E-state index in [-0.39, 0.29) is 30.8 Å². The van der Waals surface area contributed by atoms with Crippen LogP contribution in [0.2, 0.25) is 0 Å². The van der Waals surface area contributed by atoms with Gasteiger partial charge in [-0.15, -0.1) is 0 Å². The van der Waals surface area contributed by atoms with Gasteiger partial charge in [0.15, 0.2) is 12.1 Å². The van der Waals surface area contributed by atoms with E-state index in [1.165, 1.54) is 0 Å². The molecule has 4 atom stereocenters. The minimum absolute atomic E-state index is 0.00941. The monoisotopic (exact) mass is 601 g/mol. The Morgan fingerprint density at radius 3 is 2.05 bits per heavy atom. The van der Waals surface area contributed by atoms with Crippen molar-refractivity contribution in [3.05, 3.63) is 107 Å². The number of hydrogen-bond donors (Lipinski definition) is 3. The molecular formula is C35H43N3O6. The number of benzene rings is 3. The van der Waals surface area contributed by atoms with Gasteiger partial charge >= 0.3 is 6.03 Å². The van der Waals surface area contributed by atoms with Crippen molar-refractivity contribution in [1.82, 2.24) is 15.5 Å². The number of nitrogens with one attached hydrogen (secondary N) is 2. The van der Waals surface area contributed by atoms with E-state index in [0.29, 0.717) is 26.3 Å². The first kappa shape index (κ1) is 30.7. The third-order valence-electron chi connectivity index (χ3n) is 8.99. The second kappa shape index (κ2) is 14.2. The zero-order valence-corrected chi connectivity index (χ0v) is 25.3. The Hall–Kier alpha value is -3.31. The molecule has 9 nitrogen and oxygen atoms in total. The van der Waals surface area contributed by atoms with Crippen LogP contribution in [0.3, 0.4) is 0 Å². The van der Waals surface area contributed by atoms with Crippen molar-refractivity contribution in [2.75, 3.05) is 32.8 Å². The van der Waals surface area contributed by atoms with Crippen molar-refractivity contribution < 1.29 is 28.8 Å². The number of carbonyl (C=O) groups is 1. The van der Waals surface area contributed by atoms with Crippen LogP contribution in [0.4, 0.5) is 4.79 Å². The van der Waals surface area contributed by atoms with Gasteiger partial charge in [-0.05, 0) is 22.3 Å². The highest BCUT2D eigenvalue weighted by molar-refractivity contribution is 5.73. The normalized spacial score (nSPS) is 25.1. The maximum Gasteiger partial charge on any atom is 0.315 e. The Morgan fingerprint density at radius 1 is 0.818 bits per heavy atom. The Labute approximate surface area is 259 Å². The van der Waals surface area contributed by atoms with E-state index in [1.54, 1.807) is 0 Å². The number of aliphatic hydroxyl groups is 1. The predicted molar refractivity (Wildman–Crippen MR) is 165 cm³/mol. The molecular weight excluding hydrogens is 558 g/mol. The first-order valence-corrected chi connectivity index (χ1v) is 15.7. The highest BCUT2D eigenvalue weighted by atomic mass is 16.7. The second-order valence-electron chi connectivity index (χ2n) is 12.0. The fraction of sp³-hybridized carbons (Fsp3) is 0.457. The lowest BCUT2D eigenvalue weighted by Gasteiger charge is -2.44. The average molecular weight is 602 g/mol. The van der Waals surface area contributed by atoms with Crippen molar-refractivity contribution in [2.24, 2.45) is 5.92 Å². The van der Waals surface area contributed by atoms with Crippen LogP contribution in [0, 0.1) is 5.92 Å². The maximum atomic E-state index is 12.3. The Morgan fingerprint density at radius 2 is 1.41 bits per heavy atom. The van der Waals surface area contributed by atoms with E-state index >= 15 is 0 Å². The average Bonchev–Trinajstić information content (AvgIpc) is 3.53. The quantitative estimate of drug-likeness (QED) is 0.324. The van der Waals surface area contributed by atoms with E-state index in [2.05, 4.69) is 22.5 Å². The van der Waals surface area contributed by atoms with Crippen LogP contribution >= 0.6 is 0 Å². The first-order valence-electron chi connectivity index (χ1n) is 15.7. The van der Waals surface area contributed by atoms with Gasteiger partial charge in [0, 0.05) is 57.0 Å². The lowest BCUT2D eigenvalue weighted by molar-refractivity contribution is -0.278. The van der Waals surface area contributed by atoms with Crippen LogP contribution in [0.5, 0.6) is 0 Å². The molecule has 3 aromatic carbocycles. The number of likely N-dealkylation sites (tertiary alicyclic amines) is 1. The molecule has 3 aromatic rings. The van der Waals surface area contributed by atoms with Crippen LogP contribution in [-0.4, -0.2) is 60.8 Å². The van der Waals surface area contributed by atoms with Crippen molar-refractivity contribution >= 4 is 6.03 Å². The topological polar surface area (TPSA) is 102 Å². The Balaban J connectivity index is 1.10. The highest BCUT2D eigenvalue weighted by Gasteiger charge is 2.43. The summed E-state index contributed by atoms with van der Waals surface area (Å²) in [4.78, 5) is 14.8. The van der Waals surface area contributed by atoms with Crippen LogP contribution < -0.4 is 10.6 Å². The van der Waals surface area contributed by atoms with Gasteiger partial charge in [0.2, 0.25) is 0 Å². The largest absolute Gasteiger partial charge is 0.392 e. The van der Waals surface area contributed by atoms with Crippen molar-refractivity contribution in [2.45, 2.75) is 63.7 Å². The number of nitrogens with zero attached hydrogens (tertiary/aromatic N) is 1. The smallest absolute Gasteiger partial charge is 0.315 e. The molecule has 0 saturated carbocycles. The molecule has 0 radical (unpaired) electrons. The predicted octanol–water partition coefficient (Wildman–Crippen LogP) is 4.81. The number of rotatable bonds is 9. The van der Waals surface area contributed by atoms with E-state index in [4.69, 9.17) is 18.9 Å². The molecule has 0 aromatic heterocycles. The summed E-state index contributed by atoms with van der Waals surface area (Å²) in [5.41, 5.74) is 4.91. The third-order valence-corrected chi connectivity index (χ3v) is 8.99. The van der Waals surface area contributed by atoms with Crippen LogP contribution in [-0.2, 0) is 38.6 Å². The van der Waals surface area contributed by atoms with Gasteiger partial charge in [-0.2, -0.15) is 0 Å². The molecule has 234 valence electrons. The fourth-order valence-electron chi connectivity index (χ4n) is 6.26. The van der Waals surface area contributed by atoms with E-state index in [9.17, 15) is 9.90 Å². The molecule has 6 rings (SSSR count). The number of carbonyl (C=O) groups excluding carboxylic acids is 1. The zero-order chi connectivity index (χ0) is 30.4. The van der Waals surface area contributed by atoms with Gasteiger partial charge in [-0.1, -0.05) is 85.8 Å². The molecule has 3 fully saturated rings. The van der Waals surface area contributed by atoms with Gasteiger partial charge in [0.1, 0.15) is 0 Å². The molecule has 9 heteroatoms. The van der Waals surface area contributed by atoms with Crippen LogP contribution in [0.25, 0.3) is 0 Å². The molecule has 2 amide bonds. The standard InChI is InChI=1S/C35H43N3O6/c1-25-31(23-38-17-15-35(16-18-38)41-19-20-42-35)43-33(44-32(25)29-11-9-28(24-39)10-12-29)30-13-7-27(8-14-30)22-37-34(40)36-21-26-5-3-2-4-6-26/h2-14,25,31-33,39H,15-24H2,1H3,(H2,36,37,40)/t25-,31+,32+,33+/m1/s1. The first-order chi connectivity index (χ1) is 21.5. The van der Waals surface area contributed by atoms with Gasteiger partial charge in [-0.3, -0.25) is 0 Å². The number of piperidine rings is 1. The number of urea groups is 1. The van der Waals surface area contributed by atoms with Crippen molar-refractivity contribution in [3.8, 4) is 0 Å². The van der Waals surface area contributed by atoms with E-state index in [1.807, 2.05) is 78.9 Å². The second-order valence-corrected chi connectivity index (χ2v) is 12.0. The summed E-state index contributed by atoms with van der Waals surface area (Å²) in [7, 11) is 0. The maximum absolute atomic E-state index is 12.3. The molecule has 0 unspecified atom stereocenters. The molecule has 3 aliphatic heterocycles. The molecule has 3 saturated heterocycles. The minimum atomic E-state index is -0.535. The Kier molecular flexibility index (Phi) is 9.91. The molecule has 3 heterocycles. The summed E-state index contributed by atoms with van der Waals surface area (Å²) in [5.74, 6) is -0.295. The number of hydrogen-bond acceptors (Lipinski definition) is 7. The third kappa shape index (κ3) is 7.48. The summed E-state index contributed by atoms with van der Waals surface area (Å²) in [6.07, 6.45) is 0.969. The van der Waals surface area contributed by atoms with Crippen molar-refractivity contribution in [3.63, 3.8) is 0 Å². The summed E-state index contributed by atoms with van der Waals surface area (Å²) < 4.78 is 25.2. The van der Waals surface area contributed by atoms with Crippen molar-refractivity contribution in [1.29, 1.82) is 0 Å². The minimum Gasteiger partial charge on any atom is -0.392 e. The zero-order valence-electron chi connectivity index (χ0n) is 25.3. The summed E-state index contributed by atoms with van der Waals surface area (Å²) in [5, 5.41) is 15.4. The molecule has 0 aliphatic carbocycles. The molecule has 44 heavy (non-hydrogen) atoms. The highest BCUT2D eigenvalue weighted by Crippen LogP contribution is 2.42. The van der Waals surface area contributed by atoms with Crippen LogP contribution in [0.1, 0.15) is 60.0 Å². The van der Waals surface area contributed by atoms with Gasteiger partial charge in [0.25, 0.3) is 0 Å². The molecule has 3 N–H and O–H groups in total. The molecule has 0 bridgehead atoms. The van der Waals surface area contributed by atoms with Crippen LogP contribution in [0.15, 0.2) is 78.9 Å². The summed E-state index contributed by atoms with van der Waals surface area (Å²) in [6, 6.07) is 25.7. The number of ether oxygens (including phenoxy) is 4. The number of amides is 2. The number of aliphatic hydroxyl groups excluding tert-OH is 1. The summed E-state index contributed by atoms with van der Waals surface area (Å²) in [6.45, 7) is 7.03. The van der Waals surface area contributed by atoms with Gasteiger partial charge in [0.05, 0.1) is 32.0 Å². The van der Waals surface area contributed by atoms with E-state index in [0.717, 1.165) is 60.3 Å². The van der Waals surface area contributed by atoms with Gasteiger partial charge < -0.3 is 39.6 Å². The van der Waals surface area contributed by atoms with E-state index < -0.39 is 12.1 Å². The van der Waals surface area contributed by atoms with Gasteiger partial charge in [-0.25, -0.2) is 4.79 Å². The lowest BCUT2D eigenvalue weighted by atomic mass is 9.89. The fourth-order valence-corrected chi connectivity index (χ4v) is 6.26. The summed E-state index contributed by atoms with van der Waals surface area (Å²) >= 11 is 0. The molecule has 1 spiro atoms.